The molecule has 0 aromatic heterocycles. The van der Waals surface area contributed by atoms with Crippen LogP contribution in [-0.4, -0.2) is 25.7 Å². The molecule has 0 heterocycles. The number of hydrogen-bond donors (Lipinski definition) is 2. The summed E-state index contributed by atoms with van der Waals surface area (Å²) in [5.41, 5.74) is 5.84. The zero-order chi connectivity index (χ0) is 15.0. The molecule has 0 atom stereocenters. The van der Waals surface area contributed by atoms with Crippen molar-refractivity contribution in [2.45, 2.75) is 26.7 Å². The van der Waals surface area contributed by atoms with Crippen LogP contribution in [-0.2, 0) is 4.79 Å². The van der Waals surface area contributed by atoms with Crippen LogP contribution in [0.4, 0.5) is 10.1 Å². The van der Waals surface area contributed by atoms with Gasteiger partial charge in [-0.3, -0.25) is 4.79 Å². The van der Waals surface area contributed by atoms with Gasteiger partial charge in [0.1, 0.15) is 19.0 Å². The van der Waals surface area contributed by atoms with Crippen LogP contribution in [0.3, 0.4) is 0 Å². The molecule has 4 nitrogen and oxygen atoms in total. The number of alkyl halides is 1. The second kappa shape index (κ2) is 9.58. The summed E-state index contributed by atoms with van der Waals surface area (Å²) in [5, 5.41) is 2.86. The molecular weight excluding hydrogens is 295 g/mol. The highest BCUT2D eigenvalue weighted by Gasteiger charge is 2.33. The van der Waals surface area contributed by atoms with Gasteiger partial charge in [-0.25, -0.2) is 4.39 Å². The van der Waals surface area contributed by atoms with Gasteiger partial charge in [0.15, 0.2) is 0 Å². The van der Waals surface area contributed by atoms with Crippen molar-refractivity contribution in [1.82, 2.24) is 0 Å². The highest BCUT2D eigenvalue weighted by molar-refractivity contribution is 5.95. The Bertz CT molecular complexity index is 431. The van der Waals surface area contributed by atoms with E-state index in [9.17, 15) is 9.18 Å². The normalized spacial score (nSPS) is 10.7. The van der Waals surface area contributed by atoms with Crippen LogP contribution in [0.25, 0.3) is 0 Å². The minimum absolute atomic E-state index is 0. The van der Waals surface area contributed by atoms with E-state index in [1.54, 1.807) is 24.3 Å². The van der Waals surface area contributed by atoms with Gasteiger partial charge < -0.3 is 15.8 Å². The monoisotopic (exact) mass is 318 g/mol. The summed E-state index contributed by atoms with van der Waals surface area (Å²) < 4.78 is 17.3. The summed E-state index contributed by atoms with van der Waals surface area (Å²) >= 11 is 0. The fourth-order valence-corrected chi connectivity index (χ4v) is 2.04. The third-order valence-corrected chi connectivity index (χ3v) is 3.66. The minimum atomic E-state index is -0.546. The van der Waals surface area contributed by atoms with Crippen LogP contribution < -0.4 is 15.8 Å². The van der Waals surface area contributed by atoms with Gasteiger partial charge in [-0.2, -0.15) is 0 Å². The number of ether oxygens (including phenoxy) is 1. The zero-order valence-corrected chi connectivity index (χ0v) is 13.3. The number of hydrogen-bond acceptors (Lipinski definition) is 3. The van der Waals surface area contributed by atoms with E-state index in [1.165, 1.54) is 0 Å². The molecule has 120 valence electrons. The van der Waals surface area contributed by atoms with E-state index in [0.29, 0.717) is 30.8 Å². The molecule has 0 fully saturated rings. The fraction of sp³-hybridized carbons (Fsp3) is 0.533. The van der Waals surface area contributed by atoms with Gasteiger partial charge in [-0.05, 0) is 25.0 Å². The Morgan fingerprint density at radius 3 is 2.57 bits per heavy atom. The average Bonchev–Trinajstić information content (AvgIpc) is 2.48. The highest BCUT2D eigenvalue weighted by Crippen LogP contribution is 2.27. The molecule has 1 amide bonds. The number of nitrogens with one attached hydrogen (secondary N) is 1. The first-order valence-electron chi connectivity index (χ1n) is 6.92. The number of halogens is 2. The molecular formula is C15H24ClFN2O2. The molecule has 0 saturated carbocycles. The number of nitrogens with two attached hydrogens (primary N) is 1. The third kappa shape index (κ3) is 5.17. The summed E-state index contributed by atoms with van der Waals surface area (Å²) in [7, 11) is 0. The molecule has 0 aliphatic carbocycles. The van der Waals surface area contributed by atoms with E-state index in [0.717, 1.165) is 0 Å². The van der Waals surface area contributed by atoms with Crippen molar-refractivity contribution in [3.8, 4) is 5.75 Å². The van der Waals surface area contributed by atoms with Crippen molar-refractivity contribution in [3.05, 3.63) is 24.3 Å². The van der Waals surface area contributed by atoms with E-state index >= 15 is 0 Å². The third-order valence-electron chi connectivity index (χ3n) is 3.66. The van der Waals surface area contributed by atoms with Gasteiger partial charge in [0, 0.05) is 18.3 Å². The lowest BCUT2D eigenvalue weighted by Gasteiger charge is -2.28. The highest BCUT2D eigenvalue weighted by atomic mass is 35.5. The smallest absolute Gasteiger partial charge is 0.231 e. The van der Waals surface area contributed by atoms with Gasteiger partial charge >= 0.3 is 0 Å². The van der Waals surface area contributed by atoms with Crippen LogP contribution in [0.1, 0.15) is 26.7 Å². The number of anilines is 1. The van der Waals surface area contributed by atoms with Crippen LogP contribution in [0, 0.1) is 5.41 Å². The number of benzene rings is 1. The maximum absolute atomic E-state index is 12.4. The van der Waals surface area contributed by atoms with Gasteiger partial charge in [-0.15, -0.1) is 12.4 Å². The topological polar surface area (TPSA) is 64.4 Å². The summed E-state index contributed by atoms with van der Waals surface area (Å²) in [6.07, 6.45) is 1.37. The van der Waals surface area contributed by atoms with Crippen molar-refractivity contribution >= 4 is 24.0 Å². The standard InChI is InChI=1S/C15H23FN2O2.ClH/c1-3-15(4-2,11-17)14(19)18-12-6-5-7-13(10-12)20-9-8-16;/h5-7,10H,3-4,8-9,11,17H2,1-2H3,(H,18,19);1H. The zero-order valence-electron chi connectivity index (χ0n) is 12.5. The van der Waals surface area contributed by atoms with Crippen LogP contribution in [0.2, 0.25) is 0 Å². The molecule has 0 aliphatic heterocycles. The Morgan fingerprint density at radius 2 is 2.05 bits per heavy atom. The Hall–Kier alpha value is -1.33. The van der Waals surface area contributed by atoms with Crippen LogP contribution in [0.15, 0.2) is 24.3 Å². The molecule has 1 rings (SSSR count). The maximum atomic E-state index is 12.4. The fourth-order valence-electron chi connectivity index (χ4n) is 2.04. The first kappa shape index (κ1) is 19.7. The Labute approximate surface area is 131 Å². The van der Waals surface area contributed by atoms with Crippen molar-refractivity contribution in [3.63, 3.8) is 0 Å². The van der Waals surface area contributed by atoms with Gasteiger partial charge in [0.05, 0.1) is 5.41 Å². The Kier molecular flexibility index (Phi) is 8.97. The number of rotatable bonds is 8. The summed E-state index contributed by atoms with van der Waals surface area (Å²) in [4.78, 5) is 12.4. The molecule has 21 heavy (non-hydrogen) atoms. The first-order valence-corrected chi connectivity index (χ1v) is 6.92. The molecule has 0 spiro atoms. The molecule has 3 N–H and O–H groups in total. The maximum Gasteiger partial charge on any atom is 0.231 e. The van der Waals surface area contributed by atoms with Crippen molar-refractivity contribution in [2.75, 3.05) is 25.1 Å². The molecule has 0 radical (unpaired) electrons. The second-order valence-electron chi connectivity index (χ2n) is 4.71. The van der Waals surface area contributed by atoms with Crippen LogP contribution >= 0.6 is 12.4 Å². The lowest BCUT2D eigenvalue weighted by atomic mass is 9.81. The Morgan fingerprint density at radius 1 is 1.38 bits per heavy atom. The van der Waals surface area contributed by atoms with Gasteiger partial charge in [0.25, 0.3) is 0 Å². The van der Waals surface area contributed by atoms with E-state index < -0.39 is 12.1 Å². The molecule has 0 aliphatic rings. The molecule has 6 heteroatoms. The summed E-state index contributed by atoms with van der Waals surface area (Å²) in [6, 6.07) is 6.93. The molecule has 1 aromatic rings. The number of carbonyl (C=O) groups is 1. The van der Waals surface area contributed by atoms with Crippen molar-refractivity contribution < 1.29 is 13.9 Å². The quantitative estimate of drug-likeness (QED) is 0.774. The predicted octanol–water partition coefficient (Wildman–Crippen LogP) is 3.16. The van der Waals surface area contributed by atoms with E-state index in [2.05, 4.69) is 5.32 Å². The van der Waals surface area contributed by atoms with E-state index in [4.69, 9.17) is 10.5 Å². The largest absolute Gasteiger partial charge is 0.491 e. The second-order valence-corrected chi connectivity index (χ2v) is 4.71. The lowest BCUT2D eigenvalue weighted by Crippen LogP contribution is -2.41. The summed E-state index contributed by atoms with van der Waals surface area (Å²) in [6.45, 7) is 3.68. The number of amides is 1. The SMILES string of the molecule is CCC(CC)(CN)C(=O)Nc1cccc(OCCF)c1.Cl. The van der Waals surface area contributed by atoms with Crippen LogP contribution in [0.5, 0.6) is 5.75 Å². The minimum Gasteiger partial charge on any atom is -0.491 e. The first-order chi connectivity index (χ1) is 9.61. The van der Waals surface area contributed by atoms with E-state index in [1.807, 2.05) is 13.8 Å². The molecule has 1 aromatic carbocycles. The van der Waals surface area contributed by atoms with Crippen molar-refractivity contribution in [1.29, 1.82) is 0 Å². The van der Waals surface area contributed by atoms with E-state index in [-0.39, 0.29) is 24.9 Å². The Balaban J connectivity index is 0.00000400. The predicted molar refractivity (Wildman–Crippen MR) is 85.9 cm³/mol. The van der Waals surface area contributed by atoms with Gasteiger partial charge in [-0.1, -0.05) is 19.9 Å². The molecule has 0 bridgehead atoms. The lowest BCUT2D eigenvalue weighted by molar-refractivity contribution is -0.125. The average molecular weight is 319 g/mol. The summed E-state index contributed by atoms with van der Waals surface area (Å²) in [5.74, 6) is 0.444. The molecule has 0 saturated heterocycles. The van der Waals surface area contributed by atoms with Crippen molar-refractivity contribution in [2.24, 2.45) is 11.1 Å². The number of carbonyl (C=O) groups excluding carboxylic acids is 1. The van der Waals surface area contributed by atoms with Gasteiger partial charge in [0.2, 0.25) is 5.91 Å². The molecule has 0 unspecified atom stereocenters.